The minimum atomic E-state index is -4.65. The monoisotopic (exact) mass is 511 g/mol. The number of carbonyl (C=O) groups is 3. The zero-order valence-corrected chi connectivity index (χ0v) is 20.2. The van der Waals surface area contributed by atoms with Gasteiger partial charge in [0.2, 0.25) is 0 Å². The van der Waals surface area contributed by atoms with Crippen molar-refractivity contribution in [3.8, 4) is 6.07 Å². The molecule has 0 spiro atoms. The summed E-state index contributed by atoms with van der Waals surface area (Å²) >= 11 is 0. The predicted molar refractivity (Wildman–Crippen MR) is 128 cm³/mol. The number of ketones is 1. The van der Waals surface area contributed by atoms with E-state index in [1.807, 2.05) is 11.0 Å². The lowest BCUT2D eigenvalue weighted by Gasteiger charge is -2.41. The topological polar surface area (TPSA) is 96.8 Å². The molecule has 0 fully saturated rings. The molecular weight excluding hydrogens is 487 g/mol. The molecule has 1 heterocycles. The summed E-state index contributed by atoms with van der Waals surface area (Å²) in [6, 6.07) is 9.63. The Morgan fingerprint density at radius 3 is 2.46 bits per heavy atom. The molecule has 4 amide bonds. The molecule has 192 valence electrons. The number of imide groups is 1. The fourth-order valence-corrected chi connectivity index (χ4v) is 4.49. The Hall–Kier alpha value is -4.17. The Morgan fingerprint density at radius 1 is 1.14 bits per heavy atom. The first-order valence-corrected chi connectivity index (χ1v) is 11.5. The van der Waals surface area contributed by atoms with Crippen LogP contribution >= 0.6 is 0 Å². The smallest absolute Gasteiger partial charge is 0.336 e. The van der Waals surface area contributed by atoms with Crippen LogP contribution in [0.1, 0.15) is 35.6 Å². The zero-order chi connectivity index (χ0) is 26.9. The molecule has 37 heavy (non-hydrogen) atoms. The van der Waals surface area contributed by atoms with Gasteiger partial charge in [0.05, 0.1) is 28.9 Å². The molecule has 4 rings (SSSR count). The Labute approximate surface area is 211 Å². The van der Waals surface area contributed by atoms with E-state index in [1.165, 1.54) is 24.3 Å². The van der Waals surface area contributed by atoms with E-state index in [2.05, 4.69) is 5.32 Å². The number of nitriles is 1. The number of benzene rings is 2. The fourth-order valence-electron chi connectivity index (χ4n) is 4.49. The third-order valence-electron chi connectivity index (χ3n) is 6.24. The van der Waals surface area contributed by atoms with Crippen LogP contribution in [0, 0.1) is 11.3 Å². The van der Waals surface area contributed by atoms with Gasteiger partial charge in [-0.3, -0.25) is 9.69 Å². The van der Waals surface area contributed by atoms with Crippen molar-refractivity contribution in [3.05, 3.63) is 76.5 Å². The van der Waals surface area contributed by atoms with E-state index in [0.29, 0.717) is 17.7 Å². The molecule has 1 aliphatic heterocycles. The number of hydrogen-bond acceptors (Lipinski definition) is 5. The first kappa shape index (κ1) is 25.9. The van der Waals surface area contributed by atoms with Gasteiger partial charge in [0.15, 0.2) is 5.78 Å². The maximum atomic E-state index is 13.9. The molecule has 0 saturated carbocycles. The standard InChI is InChI=1S/C26H24F3N5O3/c1-32(2)13-12-31-24(36)34-23(17-8-6-16(15-30)7-9-17)22-20(10-11-21(22)35)33(25(34)37)19-5-3-4-18(14-19)26(27,28)29/h3-9,14,23H,10-13H2,1-2H3,(H,31,36). The second-order valence-corrected chi connectivity index (χ2v) is 8.99. The fraction of sp³-hybridized carbons (Fsp3) is 0.308. The van der Waals surface area contributed by atoms with E-state index in [-0.39, 0.29) is 42.1 Å². The maximum absolute atomic E-state index is 13.9. The number of nitrogens with zero attached hydrogens (tertiary/aromatic N) is 4. The summed E-state index contributed by atoms with van der Waals surface area (Å²) in [4.78, 5) is 44.1. The summed E-state index contributed by atoms with van der Waals surface area (Å²) in [6.45, 7) is 0.665. The van der Waals surface area contributed by atoms with Crippen molar-refractivity contribution in [2.24, 2.45) is 0 Å². The van der Waals surface area contributed by atoms with Gasteiger partial charge < -0.3 is 10.2 Å². The van der Waals surface area contributed by atoms with Crippen LogP contribution in [0.15, 0.2) is 59.8 Å². The van der Waals surface area contributed by atoms with Crippen molar-refractivity contribution in [1.82, 2.24) is 15.1 Å². The molecule has 0 saturated heterocycles. The zero-order valence-electron chi connectivity index (χ0n) is 20.2. The number of rotatable bonds is 5. The van der Waals surface area contributed by atoms with Gasteiger partial charge >= 0.3 is 18.2 Å². The molecule has 2 aromatic carbocycles. The number of likely N-dealkylation sites (N-methyl/N-ethyl adjacent to an activating group) is 1. The van der Waals surface area contributed by atoms with Crippen molar-refractivity contribution in [1.29, 1.82) is 5.26 Å². The number of hydrogen-bond donors (Lipinski definition) is 1. The van der Waals surface area contributed by atoms with Crippen LogP contribution in [0.25, 0.3) is 0 Å². The molecular formula is C26H24F3N5O3. The van der Waals surface area contributed by atoms with Crippen molar-refractivity contribution < 1.29 is 27.6 Å². The molecule has 1 N–H and O–H groups in total. The summed E-state index contributed by atoms with van der Waals surface area (Å²) in [6.07, 6.45) is -4.46. The van der Waals surface area contributed by atoms with Gasteiger partial charge in [-0.2, -0.15) is 18.4 Å². The molecule has 1 unspecified atom stereocenters. The normalized spacial score (nSPS) is 17.8. The van der Waals surface area contributed by atoms with E-state index in [9.17, 15) is 27.6 Å². The van der Waals surface area contributed by atoms with E-state index < -0.39 is 29.8 Å². The Bertz CT molecular complexity index is 1310. The lowest BCUT2D eigenvalue weighted by molar-refractivity contribution is -0.137. The maximum Gasteiger partial charge on any atom is 0.416 e. The van der Waals surface area contributed by atoms with Crippen molar-refractivity contribution in [2.45, 2.75) is 25.1 Å². The van der Waals surface area contributed by atoms with Crippen molar-refractivity contribution in [3.63, 3.8) is 0 Å². The number of carbonyl (C=O) groups excluding carboxylic acids is 3. The second-order valence-electron chi connectivity index (χ2n) is 8.99. The van der Waals surface area contributed by atoms with E-state index in [0.717, 1.165) is 21.9 Å². The summed E-state index contributed by atoms with van der Waals surface area (Å²) < 4.78 is 40.3. The van der Waals surface area contributed by atoms with Gasteiger partial charge in [-0.15, -0.1) is 0 Å². The molecule has 11 heteroatoms. The predicted octanol–water partition coefficient (Wildman–Crippen LogP) is 4.45. The summed E-state index contributed by atoms with van der Waals surface area (Å²) in [5, 5.41) is 11.8. The Balaban J connectivity index is 1.86. The minimum absolute atomic E-state index is 0.0519. The molecule has 8 nitrogen and oxygen atoms in total. The van der Waals surface area contributed by atoms with E-state index >= 15 is 0 Å². The highest BCUT2D eigenvalue weighted by atomic mass is 19.4. The van der Waals surface area contributed by atoms with Crippen LogP contribution in [0.2, 0.25) is 0 Å². The van der Waals surface area contributed by atoms with Crippen molar-refractivity contribution >= 4 is 23.5 Å². The highest BCUT2D eigenvalue weighted by Crippen LogP contribution is 2.45. The highest BCUT2D eigenvalue weighted by Gasteiger charge is 2.48. The third kappa shape index (κ3) is 5.06. The van der Waals surface area contributed by atoms with Gasteiger partial charge in [-0.25, -0.2) is 14.5 Å². The number of Topliss-reactive ketones (excluding diaryl/α,β-unsaturated/α-hetero) is 1. The SMILES string of the molecule is CN(C)CCNC(=O)N1C(=O)N(c2cccc(C(F)(F)F)c2)C2=C(C(=O)CC2)C1c1ccc(C#N)cc1. The largest absolute Gasteiger partial charge is 0.416 e. The molecule has 0 aromatic heterocycles. The van der Waals surface area contributed by atoms with Crippen LogP contribution in [0.4, 0.5) is 28.4 Å². The quantitative estimate of drug-likeness (QED) is 0.640. The Kier molecular flexibility index (Phi) is 7.05. The Morgan fingerprint density at radius 2 is 1.84 bits per heavy atom. The molecule has 1 aliphatic carbocycles. The van der Waals surface area contributed by atoms with Gasteiger partial charge in [0.25, 0.3) is 0 Å². The number of urea groups is 2. The first-order valence-electron chi connectivity index (χ1n) is 11.5. The van der Waals surface area contributed by atoms with Gasteiger partial charge in [0.1, 0.15) is 0 Å². The summed E-state index contributed by atoms with van der Waals surface area (Å²) in [5.41, 5.74) is 0.171. The number of anilines is 1. The van der Waals surface area contributed by atoms with Gasteiger partial charge in [0, 0.05) is 30.8 Å². The number of halogens is 3. The van der Waals surface area contributed by atoms with Crippen LogP contribution in [0.3, 0.4) is 0 Å². The third-order valence-corrected chi connectivity index (χ3v) is 6.24. The molecule has 2 aliphatic rings. The molecule has 0 radical (unpaired) electrons. The summed E-state index contributed by atoms with van der Waals surface area (Å²) in [7, 11) is 3.61. The molecule has 1 atom stereocenters. The molecule has 2 aromatic rings. The average Bonchev–Trinajstić information content (AvgIpc) is 3.23. The van der Waals surface area contributed by atoms with Crippen LogP contribution < -0.4 is 10.2 Å². The van der Waals surface area contributed by atoms with Gasteiger partial charge in [-0.05, 0) is 56.4 Å². The van der Waals surface area contributed by atoms with Crippen molar-refractivity contribution in [2.75, 3.05) is 32.1 Å². The lowest BCUT2D eigenvalue weighted by atomic mass is 9.92. The first-order chi connectivity index (χ1) is 17.5. The van der Waals surface area contributed by atoms with Gasteiger partial charge in [-0.1, -0.05) is 18.2 Å². The minimum Gasteiger partial charge on any atom is -0.336 e. The lowest BCUT2D eigenvalue weighted by Crippen LogP contribution is -2.55. The molecule has 0 bridgehead atoms. The van der Waals surface area contributed by atoms with Crippen LogP contribution in [-0.4, -0.2) is 54.8 Å². The number of nitrogens with one attached hydrogen (secondary N) is 1. The summed E-state index contributed by atoms with van der Waals surface area (Å²) in [5.74, 6) is -0.306. The van der Waals surface area contributed by atoms with E-state index in [1.54, 1.807) is 26.2 Å². The van der Waals surface area contributed by atoms with Crippen LogP contribution in [0.5, 0.6) is 0 Å². The average molecular weight is 512 g/mol. The number of alkyl halides is 3. The van der Waals surface area contributed by atoms with Crippen LogP contribution in [-0.2, 0) is 11.0 Å². The number of amides is 4. The number of allylic oxidation sites excluding steroid dienone is 1. The second kappa shape index (κ2) is 10.1. The van der Waals surface area contributed by atoms with E-state index in [4.69, 9.17) is 5.26 Å². The highest BCUT2D eigenvalue weighted by molar-refractivity contribution is 6.12.